The Kier molecular flexibility index (Phi) is 3.95. The number of benzene rings is 1. The molecule has 2 fully saturated rings. The Morgan fingerprint density at radius 1 is 1.46 bits per heavy atom. The SMILES string of the molecule is CC12CCC(=O)N1C(C(=O)NCC1COc3ccccc3C1)CS2. The van der Waals surface area contributed by atoms with Gasteiger partial charge in [0.1, 0.15) is 11.8 Å². The van der Waals surface area contributed by atoms with Gasteiger partial charge in [0, 0.05) is 24.6 Å². The van der Waals surface area contributed by atoms with Gasteiger partial charge in [-0.25, -0.2) is 0 Å². The van der Waals surface area contributed by atoms with E-state index in [1.54, 1.807) is 16.7 Å². The fraction of sp³-hybridized carbons (Fsp3) is 0.556. The Morgan fingerprint density at radius 3 is 3.17 bits per heavy atom. The largest absolute Gasteiger partial charge is 0.493 e. The van der Waals surface area contributed by atoms with Crippen molar-refractivity contribution >= 4 is 23.6 Å². The van der Waals surface area contributed by atoms with Gasteiger partial charge in [-0.3, -0.25) is 9.59 Å². The van der Waals surface area contributed by atoms with Crippen LogP contribution >= 0.6 is 11.8 Å². The van der Waals surface area contributed by atoms with E-state index in [0.29, 0.717) is 25.3 Å². The quantitative estimate of drug-likeness (QED) is 0.907. The number of thioether (sulfide) groups is 1. The maximum atomic E-state index is 12.6. The Balaban J connectivity index is 1.35. The summed E-state index contributed by atoms with van der Waals surface area (Å²) in [6.07, 6.45) is 2.31. The Hall–Kier alpha value is -1.69. The number of carbonyl (C=O) groups is 2. The number of hydrogen-bond donors (Lipinski definition) is 1. The smallest absolute Gasteiger partial charge is 0.243 e. The molecule has 4 rings (SSSR count). The van der Waals surface area contributed by atoms with Crippen LogP contribution in [-0.2, 0) is 16.0 Å². The van der Waals surface area contributed by atoms with Gasteiger partial charge < -0.3 is 15.0 Å². The summed E-state index contributed by atoms with van der Waals surface area (Å²) in [6, 6.07) is 7.72. The second-order valence-electron chi connectivity index (χ2n) is 7.00. The summed E-state index contributed by atoms with van der Waals surface area (Å²) in [6.45, 7) is 3.28. The molecule has 0 aliphatic carbocycles. The van der Waals surface area contributed by atoms with Gasteiger partial charge in [-0.2, -0.15) is 0 Å². The predicted octanol–water partition coefficient (Wildman–Crippen LogP) is 1.81. The van der Waals surface area contributed by atoms with Crippen molar-refractivity contribution < 1.29 is 14.3 Å². The van der Waals surface area contributed by atoms with Crippen LogP contribution in [0, 0.1) is 5.92 Å². The summed E-state index contributed by atoms with van der Waals surface area (Å²) in [5, 5.41) is 3.05. The Bertz CT molecular complexity index is 680. The zero-order chi connectivity index (χ0) is 16.7. The van der Waals surface area contributed by atoms with Crippen molar-refractivity contribution in [3.05, 3.63) is 29.8 Å². The van der Waals surface area contributed by atoms with Crippen molar-refractivity contribution in [3.63, 3.8) is 0 Å². The first-order valence-electron chi connectivity index (χ1n) is 8.51. The van der Waals surface area contributed by atoms with Crippen molar-refractivity contribution in [2.24, 2.45) is 5.92 Å². The summed E-state index contributed by atoms with van der Waals surface area (Å²) in [5.41, 5.74) is 1.20. The van der Waals surface area contributed by atoms with E-state index in [9.17, 15) is 9.59 Å². The molecule has 0 radical (unpaired) electrons. The molecule has 0 bridgehead atoms. The second kappa shape index (κ2) is 5.99. The van der Waals surface area contributed by atoms with Crippen LogP contribution in [0.15, 0.2) is 24.3 Å². The van der Waals surface area contributed by atoms with Gasteiger partial charge in [-0.15, -0.1) is 11.8 Å². The molecule has 1 aromatic carbocycles. The average Bonchev–Trinajstić information content (AvgIpc) is 3.09. The lowest BCUT2D eigenvalue weighted by molar-refractivity contribution is -0.138. The van der Waals surface area contributed by atoms with E-state index >= 15 is 0 Å². The summed E-state index contributed by atoms with van der Waals surface area (Å²) in [4.78, 5) is 26.4. The minimum atomic E-state index is -0.327. The van der Waals surface area contributed by atoms with E-state index < -0.39 is 0 Å². The third kappa shape index (κ3) is 2.66. The Morgan fingerprint density at radius 2 is 2.29 bits per heavy atom. The van der Waals surface area contributed by atoms with Crippen molar-refractivity contribution in [2.75, 3.05) is 18.9 Å². The molecule has 3 aliphatic rings. The number of para-hydroxylation sites is 1. The van der Waals surface area contributed by atoms with Crippen LogP contribution < -0.4 is 10.1 Å². The van der Waals surface area contributed by atoms with Crippen LogP contribution in [0.4, 0.5) is 0 Å². The molecule has 24 heavy (non-hydrogen) atoms. The average molecular weight is 346 g/mol. The summed E-state index contributed by atoms with van der Waals surface area (Å²) >= 11 is 1.73. The van der Waals surface area contributed by atoms with E-state index in [2.05, 4.69) is 18.3 Å². The molecular formula is C18H22N2O3S. The van der Waals surface area contributed by atoms with E-state index in [-0.39, 0.29) is 28.6 Å². The summed E-state index contributed by atoms with van der Waals surface area (Å²) in [7, 11) is 0. The number of nitrogens with zero attached hydrogens (tertiary/aromatic N) is 1. The molecule has 3 aliphatic heterocycles. The highest BCUT2D eigenvalue weighted by Gasteiger charge is 2.52. The molecule has 3 heterocycles. The van der Waals surface area contributed by atoms with Gasteiger partial charge in [-0.1, -0.05) is 18.2 Å². The number of fused-ring (bicyclic) bond motifs is 2. The number of ether oxygens (including phenoxy) is 1. The number of nitrogens with one attached hydrogen (secondary N) is 1. The molecule has 0 saturated carbocycles. The lowest BCUT2D eigenvalue weighted by atomic mass is 9.96. The first kappa shape index (κ1) is 15.8. The van der Waals surface area contributed by atoms with Crippen LogP contribution in [-0.4, -0.2) is 46.5 Å². The third-order valence-corrected chi connectivity index (χ3v) is 6.77. The molecule has 128 valence electrons. The fourth-order valence-electron chi connectivity index (χ4n) is 3.90. The standard InChI is InChI=1S/C18H22N2O3S/c1-18-7-6-16(21)20(18)14(11-24-18)17(22)19-9-12-8-13-4-2-3-5-15(13)23-10-12/h2-5,12,14H,6-11H2,1H3,(H,19,22). The number of hydrogen-bond acceptors (Lipinski definition) is 4. The van der Waals surface area contributed by atoms with Crippen LogP contribution in [0.3, 0.4) is 0 Å². The van der Waals surface area contributed by atoms with Crippen molar-refractivity contribution in [1.29, 1.82) is 0 Å². The minimum absolute atomic E-state index is 0.0275. The van der Waals surface area contributed by atoms with Gasteiger partial charge in [0.15, 0.2) is 0 Å². The first-order valence-corrected chi connectivity index (χ1v) is 9.50. The monoisotopic (exact) mass is 346 g/mol. The van der Waals surface area contributed by atoms with Crippen LogP contribution in [0.5, 0.6) is 5.75 Å². The fourth-order valence-corrected chi connectivity index (χ4v) is 5.33. The van der Waals surface area contributed by atoms with Crippen LogP contribution in [0.1, 0.15) is 25.3 Å². The van der Waals surface area contributed by atoms with Gasteiger partial charge in [-0.05, 0) is 31.4 Å². The minimum Gasteiger partial charge on any atom is -0.493 e. The highest BCUT2D eigenvalue weighted by molar-refractivity contribution is 8.01. The topological polar surface area (TPSA) is 58.6 Å². The lowest BCUT2D eigenvalue weighted by Gasteiger charge is -2.30. The zero-order valence-electron chi connectivity index (χ0n) is 13.8. The van der Waals surface area contributed by atoms with E-state index in [4.69, 9.17) is 4.74 Å². The number of carbonyl (C=O) groups excluding carboxylic acids is 2. The summed E-state index contributed by atoms with van der Waals surface area (Å²) in [5.74, 6) is 2.00. The second-order valence-corrected chi connectivity index (χ2v) is 8.50. The molecule has 2 saturated heterocycles. The van der Waals surface area contributed by atoms with Gasteiger partial charge >= 0.3 is 0 Å². The number of rotatable bonds is 3. The lowest BCUT2D eigenvalue weighted by Crippen LogP contribution is -2.51. The molecule has 5 nitrogen and oxygen atoms in total. The molecule has 2 amide bonds. The van der Waals surface area contributed by atoms with Crippen LogP contribution in [0.25, 0.3) is 0 Å². The van der Waals surface area contributed by atoms with Crippen molar-refractivity contribution in [1.82, 2.24) is 10.2 Å². The molecule has 3 unspecified atom stereocenters. The molecule has 1 N–H and O–H groups in total. The van der Waals surface area contributed by atoms with E-state index in [1.807, 2.05) is 18.2 Å². The zero-order valence-corrected chi connectivity index (χ0v) is 14.6. The maximum Gasteiger partial charge on any atom is 0.243 e. The molecule has 3 atom stereocenters. The number of amides is 2. The van der Waals surface area contributed by atoms with E-state index in [1.165, 1.54) is 5.56 Å². The highest BCUT2D eigenvalue weighted by Crippen LogP contribution is 2.47. The first-order chi connectivity index (χ1) is 11.6. The van der Waals surface area contributed by atoms with Crippen molar-refractivity contribution in [3.8, 4) is 5.75 Å². The summed E-state index contributed by atoms with van der Waals surface area (Å²) < 4.78 is 5.78. The molecule has 6 heteroatoms. The van der Waals surface area contributed by atoms with Gasteiger partial charge in [0.25, 0.3) is 0 Å². The molecule has 0 spiro atoms. The maximum absolute atomic E-state index is 12.6. The predicted molar refractivity (Wildman–Crippen MR) is 92.9 cm³/mol. The van der Waals surface area contributed by atoms with Gasteiger partial charge in [0.2, 0.25) is 11.8 Å². The molecule has 1 aromatic rings. The van der Waals surface area contributed by atoms with Crippen LogP contribution in [0.2, 0.25) is 0 Å². The molecular weight excluding hydrogens is 324 g/mol. The highest BCUT2D eigenvalue weighted by atomic mass is 32.2. The van der Waals surface area contributed by atoms with Gasteiger partial charge in [0.05, 0.1) is 11.5 Å². The Labute approximate surface area is 146 Å². The normalized spacial score (nSPS) is 31.4. The van der Waals surface area contributed by atoms with Crippen molar-refractivity contribution in [2.45, 2.75) is 37.1 Å². The molecule has 0 aromatic heterocycles. The third-order valence-electron chi connectivity index (χ3n) is 5.27. The van der Waals surface area contributed by atoms with E-state index in [0.717, 1.165) is 18.6 Å².